The van der Waals surface area contributed by atoms with E-state index in [0.29, 0.717) is 5.11 Å². The maximum absolute atomic E-state index is 5.33. The van der Waals surface area contributed by atoms with Crippen LogP contribution in [0.5, 0.6) is 0 Å². The van der Waals surface area contributed by atoms with Gasteiger partial charge in [-0.3, -0.25) is 0 Å². The first-order chi connectivity index (χ1) is 10.2. The second-order valence-corrected chi connectivity index (χ2v) is 5.65. The minimum atomic E-state index is 0.611. The maximum atomic E-state index is 5.33. The van der Waals surface area contributed by atoms with Gasteiger partial charge >= 0.3 is 0 Å². The summed E-state index contributed by atoms with van der Waals surface area (Å²) in [4.78, 5) is 0. The Labute approximate surface area is 132 Å². The van der Waals surface area contributed by atoms with Crippen LogP contribution in [0.15, 0.2) is 48.5 Å². The standard InChI is InChI=1S/C18H22N2S/c1-3-4-5-15-8-12-17(13-9-15)20-18(21)19-16-10-6-14(2)7-11-16/h6-13H,3-5H2,1-2H3,(H2,19,20,21). The molecular formula is C18H22N2S. The van der Waals surface area contributed by atoms with Gasteiger partial charge in [0, 0.05) is 11.4 Å². The number of rotatable bonds is 5. The lowest BCUT2D eigenvalue weighted by Gasteiger charge is -2.11. The van der Waals surface area contributed by atoms with E-state index >= 15 is 0 Å². The van der Waals surface area contributed by atoms with Crippen LogP contribution in [-0.2, 0) is 6.42 Å². The Morgan fingerprint density at radius 1 is 0.905 bits per heavy atom. The predicted octanol–water partition coefficient (Wildman–Crippen LogP) is 5.15. The van der Waals surface area contributed by atoms with Gasteiger partial charge in [-0.1, -0.05) is 43.2 Å². The van der Waals surface area contributed by atoms with Gasteiger partial charge in [-0.05, 0) is 61.8 Å². The van der Waals surface area contributed by atoms with Crippen LogP contribution in [0, 0.1) is 6.92 Å². The molecule has 0 bridgehead atoms. The molecule has 21 heavy (non-hydrogen) atoms. The number of hydrogen-bond donors (Lipinski definition) is 2. The SMILES string of the molecule is CCCCc1ccc(NC(=S)Nc2ccc(C)cc2)cc1. The van der Waals surface area contributed by atoms with Crippen molar-refractivity contribution in [3.05, 3.63) is 59.7 Å². The van der Waals surface area contributed by atoms with Crippen molar-refractivity contribution < 1.29 is 0 Å². The molecule has 0 amide bonds. The van der Waals surface area contributed by atoms with Crippen LogP contribution in [0.4, 0.5) is 11.4 Å². The Morgan fingerprint density at radius 2 is 1.43 bits per heavy atom. The lowest BCUT2D eigenvalue weighted by atomic mass is 10.1. The van der Waals surface area contributed by atoms with E-state index in [4.69, 9.17) is 12.2 Å². The average molecular weight is 298 g/mol. The van der Waals surface area contributed by atoms with Gasteiger partial charge in [0.2, 0.25) is 0 Å². The van der Waals surface area contributed by atoms with Gasteiger partial charge in [-0.15, -0.1) is 0 Å². The Kier molecular flexibility index (Phi) is 5.76. The third-order valence-electron chi connectivity index (χ3n) is 3.34. The number of hydrogen-bond acceptors (Lipinski definition) is 1. The van der Waals surface area contributed by atoms with Crippen molar-refractivity contribution in [2.45, 2.75) is 33.1 Å². The molecule has 2 aromatic carbocycles. The molecule has 2 aromatic rings. The highest BCUT2D eigenvalue weighted by Crippen LogP contribution is 2.13. The smallest absolute Gasteiger partial charge is 0.175 e. The number of nitrogens with one attached hydrogen (secondary N) is 2. The fourth-order valence-electron chi connectivity index (χ4n) is 2.07. The van der Waals surface area contributed by atoms with Crippen LogP contribution < -0.4 is 10.6 Å². The van der Waals surface area contributed by atoms with Crippen LogP contribution >= 0.6 is 12.2 Å². The molecule has 0 heterocycles. The minimum absolute atomic E-state index is 0.611. The molecule has 0 atom stereocenters. The van der Waals surface area contributed by atoms with Gasteiger partial charge in [-0.2, -0.15) is 0 Å². The number of thiocarbonyl (C=S) groups is 1. The summed E-state index contributed by atoms with van der Waals surface area (Å²) < 4.78 is 0. The monoisotopic (exact) mass is 298 g/mol. The van der Waals surface area contributed by atoms with E-state index in [2.05, 4.69) is 60.9 Å². The molecule has 2 rings (SSSR count). The third kappa shape index (κ3) is 5.20. The van der Waals surface area contributed by atoms with E-state index in [1.165, 1.54) is 24.0 Å². The highest BCUT2D eigenvalue weighted by Gasteiger charge is 1.99. The van der Waals surface area contributed by atoms with E-state index in [1.807, 2.05) is 12.1 Å². The Morgan fingerprint density at radius 3 is 1.95 bits per heavy atom. The van der Waals surface area contributed by atoms with Crippen LogP contribution in [0.3, 0.4) is 0 Å². The lowest BCUT2D eigenvalue weighted by molar-refractivity contribution is 0.795. The van der Waals surface area contributed by atoms with Gasteiger partial charge in [0.15, 0.2) is 5.11 Å². The Hall–Kier alpha value is -1.87. The highest BCUT2D eigenvalue weighted by atomic mass is 32.1. The summed E-state index contributed by atoms with van der Waals surface area (Å²) in [6.45, 7) is 4.28. The van der Waals surface area contributed by atoms with Crippen LogP contribution in [0.25, 0.3) is 0 Å². The molecule has 0 aliphatic rings. The summed E-state index contributed by atoms with van der Waals surface area (Å²) in [5.74, 6) is 0. The van der Waals surface area contributed by atoms with E-state index < -0.39 is 0 Å². The van der Waals surface area contributed by atoms with Crippen molar-refractivity contribution in [3.63, 3.8) is 0 Å². The first-order valence-electron chi connectivity index (χ1n) is 7.41. The van der Waals surface area contributed by atoms with Crippen LogP contribution in [0.2, 0.25) is 0 Å². The van der Waals surface area contributed by atoms with Crippen molar-refractivity contribution in [2.75, 3.05) is 10.6 Å². The molecular weight excluding hydrogens is 276 g/mol. The number of aryl methyl sites for hydroxylation is 2. The number of unbranched alkanes of at least 4 members (excludes halogenated alkanes) is 1. The summed E-state index contributed by atoms with van der Waals surface area (Å²) in [6.07, 6.45) is 3.60. The minimum Gasteiger partial charge on any atom is -0.332 e. The van der Waals surface area contributed by atoms with E-state index in [-0.39, 0.29) is 0 Å². The van der Waals surface area contributed by atoms with Gasteiger partial charge in [-0.25, -0.2) is 0 Å². The fourth-order valence-corrected chi connectivity index (χ4v) is 2.30. The molecule has 0 radical (unpaired) electrons. The molecule has 0 unspecified atom stereocenters. The quantitative estimate of drug-likeness (QED) is 0.747. The van der Waals surface area contributed by atoms with Gasteiger partial charge in [0.1, 0.15) is 0 Å². The van der Waals surface area contributed by atoms with Crippen molar-refractivity contribution >= 4 is 28.7 Å². The number of benzene rings is 2. The Bertz CT molecular complexity index is 573. The summed E-state index contributed by atoms with van der Waals surface area (Å²) >= 11 is 5.33. The first-order valence-corrected chi connectivity index (χ1v) is 7.82. The largest absolute Gasteiger partial charge is 0.332 e. The summed E-state index contributed by atoms with van der Waals surface area (Å²) in [5, 5.41) is 7.01. The van der Waals surface area contributed by atoms with Crippen LogP contribution in [-0.4, -0.2) is 5.11 Å². The molecule has 0 aliphatic heterocycles. The van der Waals surface area contributed by atoms with Crippen molar-refractivity contribution in [2.24, 2.45) is 0 Å². The molecule has 0 aromatic heterocycles. The molecule has 3 heteroatoms. The normalized spacial score (nSPS) is 10.2. The van der Waals surface area contributed by atoms with Crippen molar-refractivity contribution in [1.29, 1.82) is 0 Å². The summed E-state index contributed by atoms with van der Waals surface area (Å²) in [6, 6.07) is 16.6. The van der Waals surface area contributed by atoms with Gasteiger partial charge < -0.3 is 10.6 Å². The molecule has 0 aliphatic carbocycles. The Balaban J connectivity index is 1.88. The molecule has 0 saturated heterocycles. The van der Waals surface area contributed by atoms with Gasteiger partial charge in [0.25, 0.3) is 0 Å². The third-order valence-corrected chi connectivity index (χ3v) is 3.54. The highest BCUT2D eigenvalue weighted by molar-refractivity contribution is 7.80. The first kappa shape index (κ1) is 15.5. The van der Waals surface area contributed by atoms with E-state index in [0.717, 1.165) is 17.8 Å². The zero-order chi connectivity index (χ0) is 15.1. The molecule has 0 fully saturated rings. The molecule has 2 nitrogen and oxygen atoms in total. The topological polar surface area (TPSA) is 24.1 Å². The fraction of sp³-hybridized carbons (Fsp3) is 0.278. The average Bonchev–Trinajstić information content (AvgIpc) is 2.49. The summed E-state index contributed by atoms with van der Waals surface area (Å²) in [7, 11) is 0. The second-order valence-electron chi connectivity index (χ2n) is 5.25. The predicted molar refractivity (Wildman–Crippen MR) is 96.1 cm³/mol. The maximum Gasteiger partial charge on any atom is 0.175 e. The van der Waals surface area contributed by atoms with E-state index in [1.54, 1.807) is 0 Å². The van der Waals surface area contributed by atoms with E-state index in [9.17, 15) is 0 Å². The molecule has 2 N–H and O–H groups in total. The second kappa shape index (κ2) is 7.79. The van der Waals surface area contributed by atoms with Crippen LogP contribution in [0.1, 0.15) is 30.9 Å². The molecule has 110 valence electrons. The number of anilines is 2. The van der Waals surface area contributed by atoms with Crippen molar-refractivity contribution in [1.82, 2.24) is 0 Å². The summed E-state index contributed by atoms with van der Waals surface area (Å²) in [5.41, 5.74) is 4.62. The molecule has 0 spiro atoms. The zero-order valence-electron chi connectivity index (χ0n) is 12.6. The van der Waals surface area contributed by atoms with Gasteiger partial charge in [0.05, 0.1) is 0 Å². The molecule has 0 saturated carbocycles. The van der Waals surface area contributed by atoms with Crippen molar-refractivity contribution in [3.8, 4) is 0 Å². The lowest BCUT2D eigenvalue weighted by Crippen LogP contribution is -2.18. The zero-order valence-corrected chi connectivity index (χ0v) is 13.5.